The van der Waals surface area contributed by atoms with Crippen LogP contribution in [0.25, 0.3) is 0 Å². The van der Waals surface area contributed by atoms with Crippen LogP contribution in [0.4, 0.5) is 0 Å². The van der Waals surface area contributed by atoms with Crippen LogP contribution in [0.1, 0.15) is 34.8 Å². The largest absolute Gasteiger partial charge is 0.317 e. The Hall–Kier alpha value is -0.960. The Balaban J connectivity index is 1.79. The van der Waals surface area contributed by atoms with Crippen LogP contribution in [0.2, 0.25) is 5.02 Å². The van der Waals surface area contributed by atoms with Gasteiger partial charge in [0.2, 0.25) is 0 Å². The fraction of sp³-hybridized carbons (Fsp3) is 0.333. The molecule has 1 saturated heterocycles. The molecule has 2 heterocycles. The van der Waals surface area contributed by atoms with Gasteiger partial charge in [-0.3, -0.25) is 0 Å². The Morgan fingerprint density at radius 3 is 2.48 bits per heavy atom. The van der Waals surface area contributed by atoms with Crippen molar-refractivity contribution < 1.29 is 0 Å². The number of fused-ring (bicyclic) bond motifs is 2. The van der Waals surface area contributed by atoms with Gasteiger partial charge < -0.3 is 5.32 Å². The highest BCUT2D eigenvalue weighted by Crippen LogP contribution is 2.60. The van der Waals surface area contributed by atoms with Crippen molar-refractivity contribution in [1.29, 1.82) is 0 Å². The van der Waals surface area contributed by atoms with Gasteiger partial charge in [0.05, 0.1) is 5.25 Å². The molecule has 2 aliphatic rings. The van der Waals surface area contributed by atoms with E-state index in [9.17, 15) is 0 Å². The lowest BCUT2D eigenvalue weighted by molar-refractivity contribution is 0.427. The van der Waals surface area contributed by atoms with Crippen LogP contribution < -0.4 is 5.32 Å². The van der Waals surface area contributed by atoms with Gasteiger partial charge >= 0.3 is 0 Å². The van der Waals surface area contributed by atoms with Crippen molar-refractivity contribution >= 4 is 23.4 Å². The smallest absolute Gasteiger partial charge is 0.0558 e. The molecule has 0 bridgehead atoms. The van der Waals surface area contributed by atoms with E-state index in [-0.39, 0.29) is 0 Å². The average molecular weight is 316 g/mol. The van der Waals surface area contributed by atoms with Crippen molar-refractivity contribution in [3.8, 4) is 0 Å². The molecule has 1 nitrogen and oxygen atoms in total. The number of hydrogen-bond acceptors (Lipinski definition) is 2. The Morgan fingerprint density at radius 2 is 1.71 bits per heavy atom. The highest BCUT2D eigenvalue weighted by molar-refractivity contribution is 8.01. The van der Waals surface area contributed by atoms with Crippen molar-refractivity contribution in [2.45, 2.75) is 22.8 Å². The minimum atomic E-state index is 0.298. The van der Waals surface area contributed by atoms with Crippen LogP contribution in [0, 0.1) is 0 Å². The minimum Gasteiger partial charge on any atom is -0.317 e. The summed E-state index contributed by atoms with van der Waals surface area (Å²) < 4.78 is 0.298. The zero-order valence-electron chi connectivity index (χ0n) is 11.8. The predicted octanol–water partition coefficient (Wildman–Crippen LogP) is 4.75. The summed E-state index contributed by atoms with van der Waals surface area (Å²) in [6, 6.07) is 17.4. The summed E-state index contributed by atoms with van der Waals surface area (Å²) >= 11 is 8.18. The van der Waals surface area contributed by atoms with Gasteiger partial charge in [-0.1, -0.05) is 48.0 Å². The normalized spacial score (nSPS) is 23.2. The molecule has 108 valence electrons. The Labute approximate surface area is 135 Å². The molecule has 0 radical (unpaired) electrons. The van der Waals surface area contributed by atoms with Crippen LogP contribution in [0.15, 0.2) is 48.5 Å². The first kappa shape index (κ1) is 13.7. The second-order valence-electron chi connectivity index (χ2n) is 5.88. The molecule has 4 rings (SSSR count). The second-order valence-corrected chi connectivity index (χ2v) is 7.81. The fourth-order valence-electron chi connectivity index (χ4n) is 3.60. The molecule has 1 atom stereocenters. The maximum atomic E-state index is 6.05. The molecular formula is C18H18ClNS. The molecule has 0 aliphatic carbocycles. The molecule has 0 aromatic heterocycles. The summed E-state index contributed by atoms with van der Waals surface area (Å²) in [6.07, 6.45) is 2.44. The first-order valence-corrected chi connectivity index (χ1v) is 8.78. The van der Waals surface area contributed by atoms with Crippen LogP contribution >= 0.6 is 23.4 Å². The van der Waals surface area contributed by atoms with Crippen molar-refractivity contribution in [3.63, 3.8) is 0 Å². The number of piperidine rings is 1. The lowest BCUT2D eigenvalue weighted by atomic mass is 9.85. The van der Waals surface area contributed by atoms with E-state index >= 15 is 0 Å². The minimum absolute atomic E-state index is 0.298. The van der Waals surface area contributed by atoms with Gasteiger partial charge in [0.25, 0.3) is 0 Å². The third kappa shape index (κ3) is 2.30. The number of thioether (sulfide) groups is 1. The molecule has 21 heavy (non-hydrogen) atoms. The van der Waals surface area contributed by atoms with Crippen molar-refractivity contribution in [2.75, 3.05) is 13.1 Å². The summed E-state index contributed by atoms with van der Waals surface area (Å²) in [4.78, 5) is 0. The van der Waals surface area contributed by atoms with Crippen LogP contribution in [0.5, 0.6) is 0 Å². The van der Waals surface area contributed by atoms with Gasteiger partial charge in [-0.2, -0.15) is 0 Å². The number of hydrogen-bond donors (Lipinski definition) is 1. The van der Waals surface area contributed by atoms with E-state index in [0.29, 0.717) is 10.00 Å². The summed E-state index contributed by atoms with van der Waals surface area (Å²) in [6.45, 7) is 2.24. The van der Waals surface area contributed by atoms with Crippen LogP contribution in [0.3, 0.4) is 0 Å². The van der Waals surface area contributed by atoms with Gasteiger partial charge in [-0.15, -0.1) is 11.8 Å². The predicted molar refractivity (Wildman–Crippen MR) is 91.1 cm³/mol. The summed E-state index contributed by atoms with van der Waals surface area (Å²) in [5.41, 5.74) is 4.41. The standard InChI is InChI=1S/C18H18ClNS/c19-14-7-5-13(6-8-14)17-15-3-1-2-4-16(15)18(21-17)9-11-20-12-10-18/h1-8,17,20H,9-12H2/t17-/m0/s1. The van der Waals surface area contributed by atoms with E-state index in [1.54, 1.807) is 5.56 Å². The summed E-state index contributed by atoms with van der Waals surface area (Å²) in [5.74, 6) is 0. The molecule has 2 aromatic carbocycles. The van der Waals surface area contributed by atoms with Crippen molar-refractivity contribution in [1.82, 2.24) is 5.32 Å². The first-order chi connectivity index (χ1) is 10.3. The van der Waals surface area contributed by atoms with Crippen molar-refractivity contribution in [3.05, 3.63) is 70.2 Å². The second kappa shape index (κ2) is 5.35. The third-order valence-electron chi connectivity index (χ3n) is 4.66. The number of rotatable bonds is 1. The van der Waals surface area contributed by atoms with Crippen LogP contribution in [-0.4, -0.2) is 13.1 Å². The van der Waals surface area contributed by atoms with E-state index in [1.807, 2.05) is 12.1 Å². The zero-order valence-corrected chi connectivity index (χ0v) is 13.4. The average Bonchev–Trinajstić information content (AvgIpc) is 2.84. The van der Waals surface area contributed by atoms with Gasteiger partial charge in [-0.05, 0) is 54.8 Å². The molecule has 3 heteroatoms. The monoisotopic (exact) mass is 315 g/mol. The van der Waals surface area contributed by atoms with Gasteiger partial charge in [-0.25, -0.2) is 0 Å². The molecule has 0 amide bonds. The SMILES string of the molecule is Clc1ccc([C@@H]2SC3(CCNCC3)c3ccccc32)cc1. The molecule has 1 fully saturated rings. The fourth-order valence-corrected chi connectivity index (χ4v) is 5.55. The zero-order chi connectivity index (χ0) is 14.3. The van der Waals surface area contributed by atoms with E-state index in [2.05, 4.69) is 53.5 Å². The number of benzene rings is 2. The van der Waals surface area contributed by atoms with Crippen molar-refractivity contribution in [2.24, 2.45) is 0 Å². The molecule has 2 aromatic rings. The third-order valence-corrected chi connectivity index (χ3v) is 6.75. The van der Waals surface area contributed by atoms with E-state index in [1.165, 1.54) is 24.0 Å². The summed E-state index contributed by atoms with van der Waals surface area (Å²) in [7, 11) is 0. The highest BCUT2D eigenvalue weighted by Gasteiger charge is 2.45. The Kier molecular flexibility index (Phi) is 3.49. The molecule has 0 saturated carbocycles. The van der Waals surface area contributed by atoms with E-state index in [0.717, 1.165) is 18.1 Å². The van der Waals surface area contributed by atoms with Gasteiger partial charge in [0.15, 0.2) is 0 Å². The maximum Gasteiger partial charge on any atom is 0.0558 e. The number of halogens is 1. The maximum absolute atomic E-state index is 6.05. The highest BCUT2D eigenvalue weighted by atomic mass is 35.5. The lowest BCUT2D eigenvalue weighted by Crippen LogP contribution is -2.36. The van der Waals surface area contributed by atoms with Gasteiger partial charge in [0.1, 0.15) is 0 Å². The summed E-state index contributed by atoms with van der Waals surface area (Å²) in [5, 5.41) is 4.75. The molecular weight excluding hydrogens is 298 g/mol. The molecule has 2 aliphatic heterocycles. The lowest BCUT2D eigenvalue weighted by Gasteiger charge is -2.34. The van der Waals surface area contributed by atoms with E-state index < -0.39 is 0 Å². The Bertz CT molecular complexity index is 647. The van der Waals surface area contributed by atoms with Gasteiger partial charge in [0, 0.05) is 9.77 Å². The number of nitrogens with one attached hydrogen (secondary N) is 1. The topological polar surface area (TPSA) is 12.0 Å². The van der Waals surface area contributed by atoms with Crippen LogP contribution in [-0.2, 0) is 4.75 Å². The first-order valence-electron chi connectivity index (χ1n) is 7.52. The van der Waals surface area contributed by atoms with E-state index in [4.69, 9.17) is 11.6 Å². The molecule has 1 spiro atoms. The molecule has 0 unspecified atom stereocenters. The Morgan fingerprint density at radius 1 is 1.00 bits per heavy atom. The molecule has 1 N–H and O–H groups in total. The quantitative estimate of drug-likeness (QED) is 0.814.